The highest BCUT2D eigenvalue weighted by atomic mass is 16.5. The molecule has 22 heavy (non-hydrogen) atoms. The third-order valence-electron chi connectivity index (χ3n) is 2.99. The van der Waals surface area contributed by atoms with E-state index in [1.165, 1.54) is 0 Å². The van der Waals surface area contributed by atoms with E-state index in [4.69, 9.17) is 19.9 Å². The molecular weight excluding hydrogens is 282 g/mol. The summed E-state index contributed by atoms with van der Waals surface area (Å²) in [6.45, 7) is 6.11. The molecule has 0 radical (unpaired) electrons. The van der Waals surface area contributed by atoms with Crippen LogP contribution in [0.4, 0.5) is 0 Å². The van der Waals surface area contributed by atoms with Gasteiger partial charge in [-0.15, -0.1) is 0 Å². The minimum absolute atomic E-state index is 0.451. The Bertz CT molecular complexity index is 453. The summed E-state index contributed by atoms with van der Waals surface area (Å²) in [6.07, 6.45) is 1.03. The van der Waals surface area contributed by atoms with Gasteiger partial charge in [-0.05, 0) is 12.3 Å². The van der Waals surface area contributed by atoms with Crippen LogP contribution in [-0.4, -0.2) is 39.9 Å². The number of rotatable bonds is 9. The highest BCUT2D eigenvalue weighted by molar-refractivity contribution is 5.77. The van der Waals surface area contributed by atoms with E-state index in [0.29, 0.717) is 42.3 Å². The molecule has 0 saturated carbocycles. The molecule has 0 amide bonds. The Morgan fingerprint density at radius 3 is 2.27 bits per heavy atom. The molecule has 0 unspecified atom stereocenters. The van der Waals surface area contributed by atoms with Crippen molar-refractivity contribution in [2.75, 3.05) is 33.9 Å². The Kier molecular flexibility index (Phi) is 7.96. The second-order valence-electron chi connectivity index (χ2n) is 5.27. The first-order valence-corrected chi connectivity index (χ1v) is 7.44. The first kappa shape index (κ1) is 17.9. The highest BCUT2D eigenvalue weighted by Crippen LogP contribution is 2.27. The van der Waals surface area contributed by atoms with Crippen LogP contribution < -0.4 is 25.3 Å². The summed E-state index contributed by atoms with van der Waals surface area (Å²) in [7, 11) is 3.21. The topological polar surface area (TPSA) is 78.1 Å². The van der Waals surface area contributed by atoms with E-state index in [9.17, 15) is 0 Å². The third kappa shape index (κ3) is 7.06. The van der Waals surface area contributed by atoms with Crippen LogP contribution >= 0.6 is 0 Å². The molecule has 0 heterocycles. The van der Waals surface area contributed by atoms with Crippen molar-refractivity contribution < 1.29 is 14.2 Å². The Morgan fingerprint density at radius 2 is 1.73 bits per heavy atom. The van der Waals surface area contributed by atoms with Gasteiger partial charge in [0.2, 0.25) is 0 Å². The number of methoxy groups -OCH3 is 2. The molecule has 6 nitrogen and oxygen atoms in total. The van der Waals surface area contributed by atoms with Crippen molar-refractivity contribution in [3.8, 4) is 17.2 Å². The fourth-order valence-electron chi connectivity index (χ4n) is 1.71. The predicted molar refractivity (Wildman–Crippen MR) is 89.0 cm³/mol. The molecule has 124 valence electrons. The standard InChI is InChI=1S/C16H27N3O3/c1-12(2)5-6-18-16(17)19-7-8-22-15-10-13(20-3)9-14(11-15)21-4/h9-12H,5-8H2,1-4H3,(H3,17,18,19). The molecule has 6 heteroatoms. The van der Waals surface area contributed by atoms with Gasteiger partial charge in [0, 0.05) is 24.7 Å². The van der Waals surface area contributed by atoms with Gasteiger partial charge >= 0.3 is 0 Å². The van der Waals surface area contributed by atoms with Crippen molar-refractivity contribution in [3.05, 3.63) is 18.2 Å². The molecule has 0 spiro atoms. The van der Waals surface area contributed by atoms with Crippen molar-refractivity contribution in [1.82, 2.24) is 5.32 Å². The largest absolute Gasteiger partial charge is 0.496 e. The smallest absolute Gasteiger partial charge is 0.188 e. The molecule has 3 N–H and O–H groups in total. The molecule has 0 fully saturated rings. The van der Waals surface area contributed by atoms with Gasteiger partial charge in [0.05, 0.1) is 20.8 Å². The predicted octanol–water partition coefficient (Wildman–Crippen LogP) is 2.03. The summed E-state index contributed by atoms with van der Waals surface area (Å²) >= 11 is 0. The van der Waals surface area contributed by atoms with Crippen LogP contribution in [0.15, 0.2) is 23.2 Å². The quantitative estimate of drug-likeness (QED) is 0.414. The van der Waals surface area contributed by atoms with Crippen molar-refractivity contribution in [3.63, 3.8) is 0 Å². The molecule has 1 aromatic carbocycles. The van der Waals surface area contributed by atoms with Gasteiger partial charge in [-0.25, -0.2) is 0 Å². The monoisotopic (exact) mass is 309 g/mol. The van der Waals surface area contributed by atoms with Crippen molar-refractivity contribution in [2.24, 2.45) is 16.6 Å². The van der Waals surface area contributed by atoms with Crippen molar-refractivity contribution >= 4 is 5.96 Å². The van der Waals surface area contributed by atoms with E-state index in [-0.39, 0.29) is 0 Å². The van der Waals surface area contributed by atoms with Crippen molar-refractivity contribution in [1.29, 1.82) is 0 Å². The molecule has 0 aliphatic carbocycles. The Labute approximate surface area is 132 Å². The summed E-state index contributed by atoms with van der Waals surface area (Å²) < 4.78 is 16.0. The number of guanidine groups is 1. The second kappa shape index (κ2) is 9.76. The van der Waals surface area contributed by atoms with Crippen LogP contribution in [0.5, 0.6) is 17.2 Å². The Morgan fingerprint density at radius 1 is 1.14 bits per heavy atom. The average Bonchev–Trinajstić information content (AvgIpc) is 2.50. The first-order valence-electron chi connectivity index (χ1n) is 7.44. The lowest BCUT2D eigenvalue weighted by Crippen LogP contribution is -2.34. The van der Waals surface area contributed by atoms with Gasteiger partial charge in [-0.3, -0.25) is 4.99 Å². The molecule has 0 aliphatic rings. The van der Waals surface area contributed by atoms with Crippen LogP contribution in [0, 0.1) is 5.92 Å². The highest BCUT2D eigenvalue weighted by Gasteiger charge is 2.03. The Hall–Kier alpha value is -2.11. The average molecular weight is 309 g/mol. The zero-order valence-electron chi connectivity index (χ0n) is 13.9. The number of aliphatic imine (C=N–C) groups is 1. The maximum Gasteiger partial charge on any atom is 0.188 e. The Balaban J connectivity index is 2.35. The van der Waals surface area contributed by atoms with Gasteiger partial charge in [-0.1, -0.05) is 13.8 Å². The lowest BCUT2D eigenvalue weighted by Gasteiger charge is -2.11. The lowest BCUT2D eigenvalue weighted by atomic mass is 10.1. The van der Waals surface area contributed by atoms with Crippen molar-refractivity contribution in [2.45, 2.75) is 20.3 Å². The molecule has 1 rings (SSSR count). The second-order valence-corrected chi connectivity index (χ2v) is 5.27. The number of hydrogen-bond donors (Lipinski definition) is 2. The van der Waals surface area contributed by atoms with Gasteiger partial charge in [0.1, 0.15) is 23.9 Å². The van der Waals surface area contributed by atoms with Gasteiger partial charge in [-0.2, -0.15) is 0 Å². The summed E-state index contributed by atoms with van der Waals surface area (Å²) in [5, 5.41) is 3.02. The summed E-state index contributed by atoms with van der Waals surface area (Å²) in [5.41, 5.74) is 5.77. The van der Waals surface area contributed by atoms with Crippen LogP contribution in [0.3, 0.4) is 0 Å². The minimum Gasteiger partial charge on any atom is -0.496 e. The first-order chi connectivity index (χ1) is 10.5. The molecule has 0 atom stereocenters. The summed E-state index contributed by atoms with van der Waals surface area (Å²) in [5.74, 6) is 3.15. The molecular formula is C16H27N3O3. The minimum atomic E-state index is 0.451. The van der Waals surface area contributed by atoms with E-state index in [0.717, 1.165) is 13.0 Å². The normalized spacial score (nSPS) is 11.4. The summed E-state index contributed by atoms with van der Waals surface area (Å²) in [6, 6.07) is 5.41. The van der Waals surface area contributed by atoms with E-state index in [1.807, 2.05) is 12.1 Å². The fourth-order valence-corrected chi connectivity index (χ4v) is 1.71. The van der Waals surface area contributed by atoms with Crippen LogP contribution in [0.1, 0.15) is 20.3 Å². The van der Waals surface area contributed by atoms with Gasteiger partial charge < -0.3 is 25.3 Å². The number of hydrogen-bond acceptors (Lipinski definition) is 4. The lowest BCUT2D eigenvalue weighted by molar-refractivity contribution is 0.315. The van der Waals surface area contributed by atoms with Crippen LogP contribution in [0.25, 0.3) is 0 Å². The molecule has 1 aromatic rings. The molecule has 0 aliphatic heterocycles. The van der Waals surface area contributed by atoms with Gasteiger partial charge in [0.15, 0.2) is 5.96 Å². The zero-order chi connectivity index (χ0) is 16.4. The maximum atomic E-state index is 5.77. The van der Waals surface area contributed by atoms with E-state index in [2.05, 4.69) is 24.2 Å². The molecule has 0 saturated heterocycles. The maximum absolute atomic E-state index is 5.77. The summed E-state index contributed by atoms with van der Waals surface area (Å²) in [4.78, 5) is 4.25. The SMILES string of the molecule is COc1cc(OC)cc(OCCNC(N)=NCCC(C)C)c1. The fraction of sp³-hybridized carbons (Fsp3) is 0.562. The van der Waals surface area contributed by atoms with Gasteiger partial charge in [0.25, 0.3) is 0 Å². The zero-order valence-corrected chi connectivity index (χ0v) is 13.9. The number of ether oxygens (including phenoxy) is 3. The van der Waals surface area contributed by atoms with E-state index < -0.39 is 0 Å². The van der Waals surface area contributed by atoms with E-state index in [1.54, 1.807) is 20.3 Å². The number of nitrogens with zero attached hydrogens (tertiary/aromatic N) is 1. The van der Waals surface area contributed by atoms with E-state index >= 15 is 0 Å². The van der Waals surface area contributed by atoms with Crippen LogP contribution in [0.2, 0.25) is 0 Å². The number of nitrogens with one attached hydrogen (secondary N) is 1. The van der Waals surface area contributed by atoms with Crippen LogP contribution in [-0.2, 0) is 0 Å². The molecule has 0 bridgehead atoms. The third-order valence-corrected chi connectivity index (χ3v) is 2.99. The molecule has 0 aromatic heterocycles. The number of benzene rings is 1. The number of nitrogens with two attached hydrogens (primary N) is 1.